The molecule has 8 nitrogen and oxygen atoms in total. The number of nitrogens with one attached hydrogen (secondary N) is 1. The summed E-state index contributed by atoms with van der Waals surface area (Å²) in [6.45, 7) is 5.83. The fourth-order valence-corrected chi connectivity index (χ4v) is 6.24. The maximum absolute atomic E-state index is 12.9. The van der Waals surface area contributed by atoms with E-state index in [1.165, 1.54) is 42.4 Å². The van der Waals surface area contributed by atoms with Crippen LogP contribution in [0.15, 0.2) is 4.34 Å². The molecule has 2 heterocycles. The molecule has 0 atom stereocenters. The maximum atomic E-state index is 12.9. The number of nitrogens with zero attached hydrogens (tertiary/aromatic N) is 5. The highest BCUT2D eigenvalue weighted by molar-refractivity contribution is 8.01. The first-order valence-corrected chi connectivity index (χ1v) is 13.4. The van der Waals surface area contributed by atoms with Crippen LogP contribution in [0.5, 0.6) is 0 Å². The zero-order valence-electron chi connectivity index (χ0n) is 19.4. The molecule has 2 amide bonds. The van der Waals surface area contributed by atoms with Crippen LogP contribution >= 0.6 is 23.1 Å². The summed E-state index contributed by atoms with van der Waals surface area (Å²) in [5.41, 5.74) is 2.53. The average Bonchev–Trinajstić information content (AvgIpc) is 3.49. The standard InChI is InChI=1S/C23H30N6O2S2/c1-4-20(31)29(17-10-11-17)22-26-27-23(33-22)32-13-19(30)25-21-18(12-24)14(2)15(3)28(21)16-8-6-5-7-9-16/h16-17H,4-11,13H2,1-3H3,(H,25,30). The Kier molecular flexibility index (Phi) is 7.39. The molecule has 2 aliphatic rings. The molecule has 0 aliphatic heterocycles. The van der Waals surface area contributed by atoms with Gasteiger partial charge in [-0.05, 0) is 45.1 Å². The fraction of sp³-hybridized carbons (Fsp3) is 0.609. The van der Waals surface area contributed by atoms with E-state index in [0.717, 1.165) is 36.9 Å². The lowest BCUT2D eigenvalue weighted by atomic mass is 9.95. The zero-order valence-corrected chi connectivity index (χ0v) is 21.0. The average molecular weight is 487 g/mol. The highest BCUT2D eigenvalue weighted by Gasteiger charge is 2.35. The van der Waals surface area contributed by atoms with E-state index in [1.807, 2.05) is 20.8 Å². The second kappa shape index (κ2) is 10.3. The number of nitriles is 1. The van der Waals surface area contributed by atoms with Crippen molar-refractivity contribution in [3.8, 4) is 6.07 Å². The molecule has 176 valence electrons. The Hall–Kier alpha value is -2.38. The van der Waals surface area contributed by atoms with E-state index in [4.69, 9.17) is 0 Å². The molecule has 10 heteroatoms. The highest BCUT2D eigenvalue weighted by atomic mass is 32.2. The molecule has 0 bridgehead atoms. The van der Waals surface area contributed by atoms with E-state index in [-0.39, 0.29) is 23.6 Å². The Morgan fingerprint density at radius 1 is 1.21 bits per heavy atom. The van der Waals surface area contributed by atoms with E-state index in [0.29, 0.717) is 33.3 Å². The van der Waals surface area contributed by atoms with Gasteiger partial charge >= 0.3 is 0 Å². The van der Waals surface area contributed by atoms with Gasteiger partial charge in [0, 0.05) is 24.2 Å². The topological polar surface area (TPSA) is 104 Å². The first-order chi connectivity index (χ1) is 15.9. The number of anilines is 2. The molecule has 33 heavy (non-hydrogen) atoms. The number of aromatic nitrogens is 3. The lowest BCUT2D eigenvalue weighted by molar-refractivity contribution is -0.118. The second-order valence-electron chi connectivity index (χ2n) is 8.74. The Bertz CT molecular complexity index is 1080. The highest BCUT2D eigenvalue weighted by Crippen LogP contribution is 2.38. The van der Waals surface area contributed by atoms with Crippen LogP contribution in [0.3, 0.4) is 0 Å². The smallest absolute Gasteiger partial charge is 0.235 e. The van der Waals surface area contributed by atoms with Gasteiger partial charge in [-0.3, -0.25) is 14.5 Å². The van der Waals surface area contributed by atoms with Crippen molar-refractivity contribution in [1.29, 1.82) is 5.26 Å². The van der Waals surface area contributed by atoms with Crippen molar-refractivity contribution in [2.45, 2.75) is 88.6 Å². The van der Waals surface area contributed by atoms with Crippen LogP contribution in [0.25, 0.3) is 0 Å². The Morgan fingerprint density at radius 3 is 2.58 bits per heavy atom. The first kappa shape index (κ1) is 23.8. The summed E-state index contributed by atoms with van der Waals surface area (Å²) in [7, 11) is 0. The summed E-state index contributed by atoms with van der Waals surface area (Å²) >= 11 is 2.66. The van der Waals surface area contributed by atoms with Gasteiger partial charge in [0.1, 0.15) is 11.9 Å². The van der Waals surface area contributed by atoms with Gasteiger partial charge in [-0.2, -0.15) is 5.26 Å². The van der Waals surface area contributed by atoms with Crippen LogP contribution < -0.4 is 10.2 Å². The summed E-state index contributed by atoms with van der Waals surface area (Å²) in [5, 5.41) is 21.8. The van der Waals surface area contributed by atoms with Gasteiger partial charge in [-0.15, -0.1) is 10.2 Å². The summed E-state index contributed by atoms with van der Waals surface area (Å²) < 4.78 is 2.83. The number of amides is 2. The molecule has 4 rings (SSSR count). The predicted molar refractivity (Wildman–Crippen MR) is 131 cm³/mol. The van der Waals surface area contributed by atoms with Crippen molar-refractivity contribution in [1.82, 2.24) is 14.8 Å². The summed E-state index contributed by atoms with van der Waals surface area (Å²) in [5.74, 6) is 0.669. The van der Waals surface area contributed by atoms with Crippen molar-refractivity contribution >= 4 is 45.9 Å². The molecule has 0 spiro atoms. The van der Waals surface area contributed by atoms with E-state index in [9.17, 15) is 14.9 Å². The van der Waals surface area contributed by atoms with E-state index in [1.54, 1.807) is 4.90 Å². The third-order valence-corrected chi connectivity index (χ3v) is 8.53. The third kappa shape index (κ3) is 5.09. The van der Waals surface area contributed by atoms with Gasteiger partial charge in [0.25, 0.3) is 0 Å². The van der Waals surface area contributed by atoms with Crippen molar-refractivity contribution in [2.24, 2.45) is 0 Å². The van der Waals surface area contributed by atoms with Crippen LogP contribution in [0.2, 0.25) is 0 Å². The van der Waals surface area contributed by atoms with Crippen LogP contribution in [-0.4, -0.2) is 38.4 Å². The lowest BCUT2D eigenvalue weighted by Crippen LogP contribution is -2.32. The molecular formula is C23H30N6O2S2. The van der Waals surface area contributed by atoms with Gasteiger partial charge in [-0.25, -0.2) is 0 Å². The molecule has 2 aromatic rings. The van der Waals surface area contributed by atoms with Gasteiger partial charge in [0.2, 0.25) is 16.9 Å². The van der Waals surface area contributed by atoms with Crippen LogP contribution in [-0.2, 0) is 9.59 Å². The largest absolute Gasteiger partial charge is 0.327 e. The SMILES string of the molecule is CCC(=O)N(c1nnc(SCC(=O)Nc2c(C#N)c(C)c(C)n2C2CCCCC2)s1)C1CC1. The van der Waals surface area contributed by atoms with Crippen LogP contribution in [0.1, 0.15) is 81.2 Å². The van der Waals surface area contributed by atoms with Crippen molar-refractivity contribution in [2.75, 3.05) is 16.0 Å². The molecule has 0 radical (unpaired) electrons. The van der Waals surface area contributed by atoms with Gasteiger partial charge in [0.15, 0.2) is 4.34 Å². The Morgan fingerprint density at radius 2 is 1.94 bits per heavy atom. The van der Waals surface area contributed by atoms with E-state index in [2.05, 4.69) is 26.2 Å². The first-order valence-electron chi connectivity index (χ1n) is 11.6. The number of rotatable bonds is 8. The van der Waals surface area contributed by atoms with Crippen LogP contribution in [0.4, 0.5) is 10.9 Å². The number of hydrogen-bond donors (Lipinski definition) is 1. The van der Waals surface area contributed by atoms with Gasteiger partial charge in [-0.1, -0.05) is 49.3 Å². The normalized spacial score (nSPS) is 16.4. The van der Waals surface area contributed by atoms with E-state index < -0.39 is 0 Å². The number of carbonyl (C=O) groups is 2. The van der Waals surface area contributed by atoms with Gasteiger partial charge < -0.3 is 9.88 Å². The molecule has 1 N–H and O–H groups in total. The van der Waals surface area contributed by atoms with Crippen LogP contribution in [0, 0.1) is 25.2 Å². The minimum Gasteiger partial charge on any atom is -0.327 e. The zero-order chi connectivity index (χ0) is 23.5. The Balaban J connectivity index is 1.45. The molecule has 2 aromatic heterocycles. The molecule has 2 aliphatic carbocycles. The molecular weight excluding hydrogens is 456 g/mol. The third-order valence-electron chi connectivity index (χ3n) is 6.48. The van der Waals surface area contributed by atoms with E-state index >= 15 is 0 Å². The molecule has 0 aromatic carbocycles. The summed E-state index contributed by atoms with van der Waals surface area (Å²) in [6.07, 6.45) is 8.15. The van der Waals surface area contributed by atoms with Crippen molar-refractivity contribution < 1.29 is 9.59 Å². The maximum Gasteiger partial charge on any atom is 0.235 e. The second-order valence-corrected chi connectivity index (χ2v) is 10.9. The van der Waals surface area contributed by atoms with Gasteiger partial charge in [0.05, 0.1) is 11.3 Å². The number of thioether (sulfide) groups is 1. The lowest BCUT2D eigenvalue weighted by Gasteiger charge is -2.27. The fourth-order valence-electron chi connectivity index (χ4n) is 4.51. The molecule has 0 saturated heterocycles. The molecule has 0 unspecified atom stereocenters. The summed E-state index contributed by atoms with van der Waals surface area (Å²) in [6, 6.07) is 2.84. The Labute approximate surface area is 202 Å². The van der Waals surface area contributed by atoms with Crippen molar-refractivity contribution in [3.63, 3.8) is 0 Å². The molecule has 2 saturated carbocycles. The monoisotopic (exact) mass is 486 g/mol. The quantitative estimate of drug-likeness (QED) is 0.417. The minimum absolute atomic E-state index is 0.0567. The van der Waals surface area contributed by atoms with Crippen molar-refractivity contribution in [3.05, 3.63) is 16.8 Å². The summed E-state index contributed by atoms with van der Waals surface area (Å²) in [4.78, 5) is 26.9. The number of hydrogen-bond acceptors (Lipinski definition) is 7. The minimum atomic E-state index is -0.175. The number of carbonyl (C=O) groups excluding carboxylic acids is 2. The predicted octanol–water partition coefficient (Wildman–Crippen LogP) is 4.97. The molecule has 2 fully saturated rings.